The highest BCUT2D eigenvalue weighted by molar-refractivity contribution is 6.03. The summed E-state index contributed by atoms with van der Waals surface area (Å²) in [5.74, 6) is -1.19. The van der Waals surface area contributed by atoms with Gasteiger partial charge in [-0.2, -0.15) is 0 Å². The minimum absolute atomic E-state index is 0.0586. The molecule has 0 radical (unpaired) electrons. The Balaban J connectivity index is 1.80. The number of aliphatic hydroxyl groups is 2. The van der Waals surface area contributed by atoms with Gasteiger partial charge in [-0.1, -0.05) is 6.07 Å². The van der Waals surface area contributed by atoms with E-state index in [-0.39, 0.29) is 24.2 Å². The van der Waals surface area contributed by atoms with Gasteiger partial charge in [0.25, 0.3) is 0 Å². The van der Waals surface area contributed by atoms with Crippen LogP contribution < -0.4 is 5.63 Å². The lowest BCUT2D eigenvalue weighted by molar-refractivity contribution is -0.316. The second kappa shape index (κ2) is 11.8. The Morgan fingerprint density at radius 1 is 1.26 bits per heavy atom. The number of carbonyl (C=O) groups excluding carboxylic acids is 1. The zero-order valence-corrected chi connectivity index (χ0v) is 22.1. The number of Topliss-reactive ketones (excluding diaryl/α,β-unsaturated/α-hetero) is 1. The van der Waals surface area contributed by atoms with Gasteiger partial charge in [0.05, 0.1) is 12.0 Å². The number of carbonyl (C=O) groups is 1. The van der Waals surface area contributed by atoms with Crippen LogP contribution in [0.3, 0.4) is 0 Å². The number of ether oxygens (including phenoxy) is 5. The SMILES string of the molecule is CCOCC(=O)c1c(O)c2ccc([C@@H]3O[C@](C)(CO)[C@H](OC)[C@H](O)[C@H]3OC3CCCCO3)c(C)c2oc1=O. The summed E-state index contributed by atoms with van der Waals surface area (Å²) in [5, 5.41) is 32.5. The molecule has 2 aliphatic heterocycles. The Kier molecular flexibility index (Phi) is 8.88. The van der Waals surface area contributed by atoms with Gasteiger partial charge < -0.3 is 43.4 Å². The molecule has 11 nitrogen and oxygen atoms in total. The van der Waals surface area contributed by atoms with Crippen molar-refractivity contribution in [2.24, 2.45) is 0 Å². The molecule has 2 fully saturated rings. The number of aromatic hydroxyl groups is 1. The van der Waals surface area contributed by atoms with E-state index in [1.807, 2.05) is 0 Å². The molecule has 0 spiro atoms. The monoisotopic (exact) mass is 536 g/mol. The molecule has 2 aromatic rings. The summed E-state index contributed by atoms with van der Waals surface area (Å²) >= 11 is 0. The molecule has 0 saturated carbocycles. The van der Waals surface area contributed by atoms with Crippen molar-refractivity contribution in [2.45, 2.75) is 76.3 Å². The van der Waals surface area contributed by atoms with Crippen LogP contribution in [0.25, 0.3) is 11.0 Å². The van der Waals surface area contributed by atoms with Gasteiger partial charge in [0, 0.05) is 20.3 Å². The highest BCUT2D eigenvalue weighted by Gasteiger charge is 2.54. The lowest BCUT2D eigenvalue weighted by atomic mass is 9.83. The number of benzene rings is 1. The normalized spacial score (nSPS) is 30.0. The summed E-state index contributed by atoms with van der Waals surface area (Å²) in [6.45, 7) is 5.00. The van der Waals surface area contributed by atoms with Crippen LogP contribution >= 0.6 is 0 Å². The maximum absolute atomic E-state index is 12.7. The molecule has 2 saturated heterocycles. The fourth-order valence-electron chi connectivity index (χ4n) is 5.26. The smallest absolute Gasteiger partial charge is 0.351 e. The van der Waals surface area contributed by atoms with Crippen molar-refractivity contribution in [3.8, 4) is 5.75 Å². The van der Waals surface area contributed by atoms with Gasteiger partial charge in [0.1, 0.15) is 53.5 Å². The molecule has 11 heteroatoms. The van der Waals surface area contributed by atoms with Crippen LogP contribution in [0.1, 0.15) is 60.7 Å². The third-order valence-corrected chi connectivity index (χ3v) is 7.32. The molecule has 4 rings (SSSR count). The number of methoxy groups -OCH3 is 1. The fourth-order valence-corrected chi connectivity index (χ4v) is 5.26. The Morgan fingerprint density at radius 3 is 2.66 bits per heavy atom. The van der Waals surface area contributed by atoms with E-state index >= 15 is 0 Å². The fraction of sp³-hybridized carbons (Fsp3) is 0.630. The lowest BCUT2D eigenvalue weighted by Crippen LogP contribution is -2.63. The number of hydrogen-bond acceptors (Lipinski definition) is 11. The molecule has 6 atom stereocenters. The number of rotatable bonds is 9. The standard InChI is InChI=1S/C27H36O11/c1-5-34-12-17(29)19-20(30)16-10-9-15(14(2)22(16)37-26(19)32)23-24(36-18-8-6-7-11-35-18)21(31)25(33-4)27(3,13-28)38-23/h9-10,18,21,23-25,28,30-31H,5-8,11-13H2,1-4H3/t18?,21-,23+,24-,25-,27-/m1/s1. The summed E-state index contributed by atoms with van der Waals surface area (Å²) in [6, 6.07) is 3.16. The third kappa shape index (κ3) is 5.24. The minimum atomic E-state index is -1.29. The number of fused-ring (bicyclic) bond motifs is 1. The van der Waals surface area contributed by atoms with Crippen LogP contribution in [0.4, 0.5) is 0 Å². The van der Waals surface area contributed by atoms with E-state index in [0.29, 0.717) is 24.2 Å². The zero-order chi connectivity index (χ0) is 27.6. The van der Waals surface area contributed by atoms with Gasteiger partial charge in [-0.25, -0.2) is 4.79 Å². The first-order valence-corrected chi connectivity index (χ1v) is 12.8. The number of aliphatic hydroxyl groups excluding tert-OH is 2. The first kappa shape index (κ1) is 28.6. The van der Waals surface area contributed by atoms with Gasteiger partial charge >= 0.3 is 5.63 Å². The van der Waals surface area contributed by atoms with Crippen molar-refractivity contribution >= 4 is 16.8 Å². The molecule has 3 N–H and O–H groups in total. The van der Waals surface area contributed by atoms with Crippen LogP contribution in [0.2, 0.25) is 0 Å². The van der Waals surface area contributed by atoms with E-state index in [9.17, 15) is 24.9 Å². The first-order valence-electron chi connectivity index (χ1n) is 12.8. The molecule has 1 aromatic heterocycles. The maximum atomic E-state index is 12.7. The van der Waals surface area contributed by atoms with Crippen LogP contribution in [0.15, 0.2) is 21.3 Å². The molecule has 0 amide bonds. The van der Waals surface area contributed by atoms with Crippen molar-refractivity contribution in [1.82, 2.24) is 0 Å². The third-order valence-electron chi connectivity index (χ3n) is 7.32. The van der Waals surface area contributed by atoms with Crippen LogP contribution in [0, 0.1) is 6.92 Å². The highest BCUT2D eigenvalue weighted by atomic mass is 16.7. The zero-order valence-electron chi connectivity index (χ0n) is 22.1. The highest BCUT2D eigenvalue weighted by Crippen LogP contribution is 2.44. The Labute approximate surface area is 220 Å². The molecule has 2 aliphatic rings. The molecule has 210 valence electrons. The van der Waals surface area contributed by atoms with Gasteiger partial charge in [-0.15, -0.1) is 0 Å². The largest absolute Gasteiger partial charge is 0.506 e. The number of aryl methyl sites for hydroxylation is 1. The van der Waals surface area contributed by atoms with E-state index < -0.39 is 65.6 Å². The first-order chi connectivity index (χ1) is 18.2. The average molecular weight is 537 g/mol. The second-order valence-corrected chi connectivity index (χ2v) is 9.88. The van der Waals surface area contributed by atoms with Crippen molar-refractivity contribution in [1.29, 1.82) is 0 Å². The molecule has 1 unspecified atom stereocenters. The molecule has 0 aliphatic carbocycles. The summed E-state index contributed by atoms with van der Waals surface area (Å²) in [4.78, 5) is 25.2. The quantitative estimate of drug-likeness (QED) is 0.319. The van der Waals surface area contributed by atoms with E-state index in [2.05, 4.69) is 0 Å². The summed E-state index contributed by atoms with van der Waals surface area (Å²) < 4.78 is 34.5. The van der Waals surface area contributed by atoms with Crippen molar-refractivity contribution in [3.63, 3.8) is 0 Å². The lowest BCUT2D eigenvalue weighted by Gasteiger charge is -2.50. The van der Waals surface area contributed by atoms with Gasteiger partial charge in [-0.05, 0) is 57.2 Å². The van der Waals surface area contributed by atoms with Crippen molar-refractivity contribution in [2.75, 3.05) is 33.5 Å². The summed E-state index contributed by atoms with van der Waals surface area (Å²) in [6.07, 6.45) is -2.08. The van der Waals surface area contributed by atoms with Gasteiger partial charge in [0.15, 0.2) is 12.1 Å². The Morgan fingerprint density at radius 2 is 2.03 bits per heavy atom. The van der Waals surface area contributed by atoms with E-state index in [1.165, 1.54) is 13.2 Å². The number of ketones is 1. The molecule has 3 heterocycles. The van der Waals surface area contributed by atoms with Crippen LogP contribution in [0.5, 0.6) is 5.75 Å². The summed E-state index contributed by atoms with van der Waals surface area (Å²) in [5.41, 5.74) is -1.76. The maximum Gasteiger partial charge on any atom is 0.351 e. The molecular weight excluding hydrogens is 500 g/mol. The topological polar surface area (TPSA) is 154 Å². The predicted octanol–water partition coefficient (Wildman–Crippen LogP) is 2.14. The Bertz CT molecular complexity index is 1200. The Hall–Kier alpha value is -2.38. The van der Waals surface area contributed by atoms with Crippen molar-refractivity contribution < 1.29 is 48.2 Å². The average Bonchev–Trinajstić information content (AvgIpc) is 2.90. The molecular formula is C27H36O11. The number of hydrogen-bond donors (Lipinski definition) is 3. The molecule has 38 heavy (non-hydrogen) atoms. The van der Waals surface area contributed by atoms with Gasteiger partial charge in [0.2, 0.25) is 0 Å². The molecule has 1 aromatic carbocycles. The van der Waals surface area contributed by atoms with Crippen LogP contribution in [-0.4, -0.2) is 84.8 Å². The minimum Gasteiger partial charge on any atom is -0.506 e. The van der Waals surface area contributed by atoms with Crippen molar-refractivity contribution in [3.05, 3.63) is 39.2 Å². The van der Waals surface area contributed by atoms with Crippen LogP contribution in [-0.2, 0) is 23.7 Å². The van der Waals surface area contributed by atoms with E-state index in [1.54, 1.807) is 26.8 Å². The summed E-state index contributed by atoms with van der Waals surface area (Å²) in [7, 11) is 1.42. The van der Waals surface area contributed by atoms with E-state index in [4.69, 9.17) is 28.1 Å². The predicted molar refractivity (Wildman–Crippen MR) is 134 cm³/mol. The van der Waals surface area contributed by atoms with Gasteiger partial charge in [-0.3, -0.25) is 4.79 Å². The second-order valence-electron chi connectivity index (χ2n) is 9.88. The molecule has 0 bridgehead atoms. The van der Waals surface area contributed by atoms with E-state index in [0.717, 1.165) is 12.8 Å².